The van der Waals surface area contributed by atoms with E-state index < -0.39 is 0 Å². The summed E-state index contributed by atoms with van der Waals surface area (Å²) >= 11 is 0. The van der Waals surface area contributed by atoms with Gasteiger partial charge in [-0.3, -0.25) is 0 Å². The van der Waals surface area contributed by atoms with Crippen molar-refractivity contribution in [2.45, 2.75) is 13.2 Å². The summed E-state index contributed by atoms with van der Waals surface area (Å²) in [7, 11) is 0. The Balaban J connectivity index is 1.39. The molecule has 1 aromatic heterocycles. The molecule has 0 unspecified atom stereocenters. The normalized spacial score (nSPS) is 10.9. The molecule has 3 N–H and O–H groups in total. The molecule has 0 amide bonds. The van der Waals surface area contributed by atoms with E-state index in [1.807, 2.05) is 84.9 Å². The van der Waals surface area contributed by atoms with Crippen molar-refractivity contribution in [3.05, 3.63) is 126 Å². The van der Waals surface area contributed by atoms with Crippen molar-refractivity contribution < 1.29 is 14.6 Å². The second-order valence-corrected chi connectivity index (χ2v) is 8.48. The van der Waals surface area contributed by atoms with Crippen LogP contribution in [0.15, 0.2) is 103 Å². The van der Waals surface area contributed by atoms with Crippen molar-refractivity contribution in [1.82, 2.24) is 15.0 Å². The molecule has 0 bridgehead atoms. The van der Waals surface area contributed by atoms with Crippen LogP contribution in [0.2, 0.25) is 0 Å². The van der Waals surface area contributed by atoms with Gasteiger partial charge < -0.3 is 20.3 Å². The average Bonchev–Trinajstić information content (AvgIpc) is 2.95. The molecule has 0 aliphatic rings. The van der Waals surface area contributed by atoms with Gasteiger partial charge in [-0.25, -0.2) is 4.98 Å². The molecule has 0 fully saturated rings. The molecule has 7 heteroatoms. The number of rotatable bonds is 9. The van der Waals surface area contributed by atoms with E-state index in [4.69, 9.17) is 15.2 Å². The molecule has 7 nitrogen and oxygen atoms in total. The zero-order chi connectivity index (χ0) is 26.2. The van der Waals surface area contributed by atoms with Crippen molar-refractivity contribution >= 4 is 18.1 Å². The van der Waals surface area contributed by atoms with E-state index in [0.717, 1.165) is 16.7 Å². The lowest BCUT2D eigenvalue weighted by molar-refractivity contribution is 0.256. The summed E-state index contributed by atoms with van der Waals surface area (Å²) in [5, 5.41) is 10.2. The number of aromatic nitrogens is 3. The number of para-hydroxylation sites is 1. The maximum atomic E-state index is 10.2. The monoisotopic (exact) mass is 502 g/mol. The number of aromatic hydroxyl groups is 1. The quantitative estimate of drug-likeness (QED) is 0.249. The van der Waals surface area contributed by atoms with Gasteiger partial charge in [0.15, 0.2) is 23.1 Å². The first-order valence-electron chi connectivity index (χ1n) is 12.1. The Morgan fingerprint density at radius 3 is 1.97 bits per heavy atom. The summed E-state index contributed by atoms with van der Waals surface area (Å²) in [6, 6.07) is 32.5. The zero-order valence-electron chi connectivity index (χ0n) is 20.6. The molecule has 5 aromatic rings. The molecule has 0 saturated carbocycles. The summed E-state index contributed by atoms with van der Waals surface area (Å²) in [5.41, 5.74) is 9.39. The Labute approximate surface area is 220 Å². The number of anilines is 1. The van der Waals surface area contributed by atoms with Crippen molar-refractivity contribution in [3.63, 3.8) is 0 Å². The van der Waals surface area contributed by atoms with E-state index >= 15 is 0 Å². The van der Waals surface area contributed by atoms with Crippen LogP contribution in [0.5, 0.6) is 17.2 Å². The number of nitrogens with zero attached hydrogens (tertiary/aromatic N) is 3. The number of hydrogen-bond acceptors (Lipinski definition) is 7. The number of ether oxygens (including phenoxy) is 2. The van der Waals surface area contributed by atoms with Crippen LogP contribution in [0.1, 0.15) is 22.5 Å². The van der Waals surface area contributed by atoms with Gasteiger partial charge in [-0.15, -0.1) is 0 Å². The molecule has 0 aliphatic heterocycles. The molecular formula is C31H26N4O3. The van der Waals surface area contributed by atoms with Gasteiger partial charge in [0.2, 0.25) is 5.95 Å². The SMILES string of the molecule is Nc1nc(/C=C/c2ccc(OCc3ccccc3)c(OCc3ccccc3)c2)nc(-c2ccccc2O)n1. The summed E-state index contributed by atoms with van der Waals surface area (Å²) in [4.78, 5) is 12.8. The van der Waals surface area contributed by atoms with Crippen molar-refractivity contribution in [2.24, 2.45) is 0 Å². The topological polar surface area (TPSA) is 103 Å². The van der Waals surface area contributed by atoms with E-state index in [1.165, 1.54) is 0 Å². The van der Waals surface area contributed by atoms with Crippen LogP contribution in [-0.2, 0) is 13.2 Å². The van der Waals surface area contributed by atoms with Crippen LogP contribution < -0.4 is 15.2 Å². The average molecular weight is 503 g/mol. The number of phenolic OH excluding ortho intramolecular Hbond substituents is 1. The molecule has 38 heavy (non-hydrogen) atoms. The molecule has 1 heterocycles. The first-order valence-corrected chi connectivity index (χ1v) is 12.1. The van der Waals surface area contributed by atoms with Gasteiger partial charge in [-0.1, -0.05) is 84.9 Å². The largest absolute Gasteiger partial charge is 0.507 e. The maximum Gasteiger partial charge on any atom is 0.224 e. The third-order valence-electron chi connectivity index (χ3n) is 5.68. The molecule has 0 saturated heterocycles. The van der Waals surface area contributed by atoms with Crippen LogP contribution >= 0.6 is 0 Å². The minimum absolute atomic E-state index is 0.0643. The van der Waals surface area contributed by atoms with Gasteiger partial charge in [0, 0.05) is 0 Å². The molecule has 188 valence electrons. The lowest BCUT2D eigenvalue weighted by Gasteiger charge is -2.14. The van der Waals surface area contributed by atoms with Crippen LogP contribution in [0.25, 0.3) is 23.5 Å². The fourth-order valence-electron chi connectivity index (χ4n) is 3.77. The molecule has 0 radical (unpaired) electrons. The Kier molecular flexibility index (Phi) is 7.56. The highest BCUT2D eigenvalue weighted by molar-refractivity contribution is 5.70. The first kappa shape index (κ1) is 24.5. The minimum atomic E-state index is 0.0643. The van der Waals surface area contributed by atoms with E-state index in [0.29, 0.717) is 41.9 Å². The van der Waals surface area contributed by atoms with Gasteiger partial charge in [0.1, 0.15) is 19.0 Å². The van der Waals surface area contributed by atoms with Crippen LogP contribution in [-0.4, -0.2) is 20.1 Å². The summed E-state index contributed by atoms with van der Waals surface area (Å²) in [5.74, 6) is 2.07. The zero-order valence-corrected chi connectivity index (χ0v) is 20.6. The van der Waals surface area contributed by atoms with Gasteiger partial charge in [-0.05, 0) is 47.0 Å². The van der Waals surface area contributed by atoms with Crippen LogP contribution in [0.4, 0.5) is 5.95 Å². The number of benzene rings is 4. The van der Waals surface area contributed by atoms with Crippen LogP contribution in [0, 0.1) is 0 Å². The molecule has 5 rings (SSSR count). The molecule has 0 aliphatic carbocycles. The van der Waals surface area contributed by atoms with E-state index in [2.05, 4.69) is 15.0 Å². The Hall–Kier alpha value is -5.17. The fraction of sp³-hybridized carbons (Fsp3) is 0.0645. The summed E-state index contributed by atoms with van der Waals surface area (Å²) in [6.45, 7) is 0.834. The fourth-order valence-corrected chi connectivity index (χ4v) is 3.77. The number of nitrogen functional groups attached to an aromatic ring is 1. The molecule has 0 spiro atoms. The third-order valence-corrected chi connectivity index (χ3v) is 5.68. The predicted octanol–water partition coefficient (Wildman–Crippen LogP) is 6.15. The van der Waals surface area contributed by atoms with Crippen molar-refractivity contribution in [3.8, 4) is 28.6 Å². The highest BCUT2D eigenvalue weighted by Crippen LogP contribution is 2.31. The van der Waals surface area contributed by atoms with Gasteiger partial charge in [0.05, 0.1) is 5.56 Å². The van der Waals surface area contributed by atoms with Gasteiger partial charge in [-0.2, -0.15) is 9.97 Å². The lowest BCUT2D eigenvalue weighted by atomic mass is 10.1. The number of phenols is 1. The summed E-state index contributed by atoms with van der Waals surface area (Å²) < 4.78 is 12.3. The molecule has 0 atom stereocenters. The first-order chi connectivity index (χ1) is 18.6. The Morgan fingerprint density at radius 2 is 1.29 bits per heavy atom. The third kappa shape index (κ3) is 6.33. The molecular weight excluding hydrogens is 476 g/mol. The van der Waals surface area contributed by atoms with E-state index in [9.17, 15) is 5.11 Å². The predicted molar refractivity (Wildman–Crippen MR) is 148 cm³/mol. The van der Waals surface area contributed by atoms with Crippen molar-refractivity contribution in [1.29, 1.82) is 0 Å². The van der Waals surface area contributed by atoms with Gasteiger partial charge >= 0.3 is 0 Å². The van der Waals surface area contributed by atoms with Crippen LogP contribution in [0.3, 0.4) is 0 Å². The van der Waals surface area contributed by atoms with Gasteiger partial charge in [0.25, 0.3) is 0 Å². The molecule has 4 aromatic carbocycles. The van der Waals surface area contributed by atoms with E-state index in [-0.39, 0.29) is 11.7 Å². The summed E-state index contributed by atoms with van der Waals surface area (Å²) in [6.07, 6.45) is 3.60. The number of nitrogens with two attached hydrogens (primary N) is 1. The lowest BCUT2D eigenvalue weighted by Crippen LogP contribution is -2.02. The minimum Gasteiger partial charge on any atom is -0.507 e. The standard InChI is InChI=1S/C31H26N4O3/c32-31-34-29(33-30(35-31)25-13-7-8-14-26(25)36)18-16-22-15-17-27(37-20-23-9-3-1-4-10-23)28(19-22)38-21-24-11-5-2-6-12-24/h1-19,36H,20-21H2,(H2,32,33,34,35)/b18-16+. The smallest absolute Gasteiger partial charge is 0.224 e. The van der Waals surface area contributed by atoms with Crippen molar-refractivity contribution in [2.75, 3.05) is 5.73 Å². The highest BCUT2D eigenvalue weighted by Gasteiger charge is 2.10. The van der Waals surface area contributed by atoms with E-state index in [1.54, 1.807) is 30.3 Å². The maximum absolute atomic E-state index is 10.2. The Bertz CT molecular complexity index is 1540. The second kappa shape index (κ2) is 11.7. The highest BCUT2D eigenvalue weighted by atomic mass is 16.5. The Morgan fingerprint density at radius 1 is 0.658 bits per heavy atom. The second-order valence-electron chi connectivity index (χ2n) is 8.48. The number of hydrogen-bond donors (Lipinski definition) is 2.